The summed E-state index contributed by atoms with van der Waals surface area (Å²) in [5, 5.41) is 8.25. The summed E-state index contributed by atoms with van der Waals surface area (Å²) in [5.74, 6) is 1.81. The number of rotatable bonds is 5. The molecule has 8 nitrogen and oxygen atoms in total. The minimum absolute atomic E-state index is 0.571. The van der Waals surface area contributed by atoms with Gasteiger partial charge in [-0.25, -0.2) is 4.98 Å². The van der Waals surface area contributed by atoms with Crippen LogP contribution in [-0.4, -0.2) is 47.9 Å². The molecule has 4 heterocycles. The third kappa shape index (κ3) is 3.48. The monoisotopic (exact) mass is 325 g/mol. The number of likely N-dealkylation sites (tertiary alicyclic amines) is 1. The molecule has 4 rings (SSSR count). The lowest BCUT2D eigenvalue weighted by Gasteiger charge is -2.31. The largest absolute Gasteiger partial charge is 0.338 e. The van der Waals surface area contributed by atoms with E-state index in [0.29, 0.717) is 24.2 Å². The van der Waals surface area contributed by atoms with E-state index in [4.69, 9.17) is 4.52 Å². The van der Waals surface area contributed by atoms with E-state index in [1.807, 2.05) is 16.8 Å². The summed E-state index contributed by atoms with van der Waals surface area (Å²) in [6, 6.07) is 3.79. The van der Waals surface area contributed by atoms with Crippen molar-refractivity contribution in [3.8, 4) is 11.4 Å². The van der Waals surface area contributed by atoms with E-state index in [1.165, 1.54) is 12.8 Å². The first-order valence-electron chi connectivity index (χ1n) is 8.14. The van der Waals surface area contributed by atoms with Crippen LogP contribution in [0.5, 0.6) is 0 Å². The van der Waals surface area contributed by atoms with Gasteiger partial charge < -0.3 is 4.52 Å². The molecule has 0 spiro atoms. The van der Waals surface area contributed by atoms with E-state index in [1.54, 1.807) is 25.0 Å². The van der Waals surface area contributed by atoms with Crippen LogP contribution < -0.4 is 0 Å². The fourth-order valence-corrected chi connectivity index (χ4v) is 3.16. The van der Waals surface area contributed by atoms with Crippen LogP contribution in [0.25, 0.3) is 11.4 Å². The quantitative estimate of drug-likeness (QED) is 0.704. The molecular formula is C16H19N7O. The second kappa shape index (κ2) is 6.88. The summed E-state index contributed by atoms with van der Waals surface area (Å²) in [6.45, 7) is 3.64. The Morgan fingerprint density at radius 1 is 1.29 bits per heavy atom. The van der Waals surface area contributed by atoms with Crippen molar-refractivity contribution in [3.63, 3.8) is 0 Å². The van der Waals surface area contributed by atoms with Gasteiger partial charge in [-0.15, -0.1) is 0 Å². The Hall–Kier alpha value is -2.61. The van der Waals surface area contributed by atoms with Gasteiger partial charge in [0.1, 0.15) is 12.7 Å². The van der Waals surface area contributed by atoms with E-state index >= 15 is 0 Å². The van der Waals surface area contributed by atoms with E-state index in [0.717, 1.165) is 25.2 Å². The average molecular weight is 325 g/mol. The van der Waals surface area contributed by atoms with Crippen LogP contribution in [0.1, 0.15) is 18.7 Å². The van der Waals surface area contributed by atoms with Gasteiger partial charge in [0.15, 0.2) is 0 Å². The number of pyridine rings is 1. The maximum absolute atomic E-state index is 5.40. The zero-order chi connectivity index (χ0) is 16.2. The van der Waals surface area contributed by atoms with E-state index in [-0.39, 0.29) is 0 Å². The summed E-state index contributed by atoms with van der Waals surface area (Å²) in [7, 11) is 0. The van der Waals surface area contributed by atoms with Gasteiger partial charge in [-0.2, -0.15) is 10.1 Å². The van der Waals surface area contributed by atoms with Gasteiger partial charge in [-0.3, -0.25) is 14.6 Å². The topological polar surface area (TPSA) is 85.8 Å². The zero-order valence-electron chi connectivity index (χ0n) is 13.3. The van der Waals surface area contributed by atoms with E-state index in [9.17, 15) is 0 Å². The van der Waals surface area contributed by atoms with Gasteiger partial charge in [-0.05, 0) is 37.4 Å². The highest BCUT2D eigenvalue weighted by Crippen LogP contribution is 2.20. The first-order chi connectivity index (χ1) is 11.9. The maximum atomic E-state index is 5.40. The molecule has 0 radical (unpaired) electrons. The molecule has 1 aliphatic heterocycles. The van der Waals surface area contributed by atoms with Crippen LogP contribution in [0.15, 0.2) is 41.7 Å². The summed E-state index contributed by atoms with van der Waals surface area (Å²) < 4.78 is 7.31. The Kier molecular flexibility index (Phi) is 4.28. The van der Waals surface area contributed by atoms with Gasteiger partial charge in [0.2, 0.25) is 11.7 Å². The van der Waals surface area contributed by atoms with Gasteiger partial charge in [0.05, 0.1) is 6.54 Å². The lowest BCUT2D eigenvalue weighted by Crippen LogP contribution is -2.36. The Morgan fingerprint density at radius 3 is 3.12 bits per heavy atom. The fourth-order valence-electron chi connectivity index (χ4n) is 3.16. The third-order valence-corrected chi connectivity index (χ3v) is 4.26. The molecule has 3 aromatic rings. The van der Waals surface area contributed by atoms with Crippen molar-refractivity contribution in [2.45, 2.75) is 25.9 Å². The molecule has 0 saturated carbocycles. The molecule has 1 aliphatic rings. The second-order valence-electron chi connectivity index (χ2n) is 6.11. The normalized spacial score (nSPS) is 18.8. The Bertz CT molecular complexity index is 756. The summed E-state index contributed by atoms with van der Waals surface area (Å²) in [4.78, 5) is 14.9. The smallest absolute Gasteiger partial charge is 0.241 e. The molecule has 0 amide bonds. The highest BCUT2D eigenvalue weighted by Gasteiger charge is 2.22. The Morgan fingerprint density at radius 2 is 2.29 bits per heavy atom. The van der Waals surface area contributed by atoms with Crippen molar-refractivity contribution in [1.29, 1.82) is 0 Å². The Balaban J connectivity index is 1.37. The summed E-state index contributed by atoms with van der Waals surface area (Å²) >= 11 is 0. The standard InChI is InChI=1S/C16H19N7O/c1-4-14(7-17-5-1)16-20-15(24-21-16)10-22-6-2-3-13(8-22)9-23-12-18-11-19-23/h1,4-5,7,11-13H,2-3,6,8-10H2/t13-/m1/s1. The molecule has 8 heteroatoms. The van der Waals surface area contributed by atoms with Gasteiger partial charge in [-0.1, -0.05) is 5.16 Å². The molecule has 1 fully saturated rings. The van der Waals surface area contributed by atoms with Crippen molar-refractivity contribution < 1.29 is 4.52 Å². The van der Waals surface area contributed by atoms with Crippen LogP contribution in [0.3, 0.4) is 0 Å². The molecule has 0 unspecified atom stereocenters. The van der Waals surface area contributed by atoms with Crippen LogP contribution >= 0.6 is 0 Å². The van der Waals surface area contributed by atoms with Crippen molar-refractivity contribution in [2.75, 3.05) is 13.1 Å². The molecule has 124 valence electrons. The highest BCUT2D eigenvalue weighted by molar-refractivity contribution is 5.51. The minimum Gasteiger partial charge on any atom is -0.338 e. The number of nitrogens with zero attached hydrogens (tertiary/aromatic N) is 7. The van der Waals surface area contributed by atoms with Gasteiger partial charge >= 0.3 is 0 Å². The predicted molar refractivity (Wildman–Crippen MR) is 85.6 cm³/mol. The number of piperidine rings is 1. The lowest BCUT2D eigenvalue weighted by molar-refractivity contribution is 0.138. The van der Waals surface area contributed by atoms with Crippen LogP contribution in [-0.2, 0) is 13.1 Å². The maximum Gasteiger partial charge on any atom is 0.241 e. The zero-order valence-corrected chi connectivity index (χ0v) is 13.3. The van der Waals surface area contributed by atoms with Crippen LogP contribution in [0.4, 0.5) is 0 Å². The van der Waals surface area contributed by atoms with E-state index < -0.39 is 0 Å². The molecule has 0 aromatic carbocycles. The third-order valence-electron chi connectivity index (χ3n) is 4.26. The molecule has 1 atom stereocenters. The molecule has 3 aromatic heterocycles. The average Bonchev–Trinajstić information content (AvgIpc) is 3.28. The fraction of sp³-hybridized carbons (Fsp3) is 0.438. The molecule has 0 aliphatic carbocycles. The van der Waals surface area contributed by atoms with Crippen molar-refractivity contribution in [3.05, 3.63) is 43.1 Å². The SMILES string of the molecule is c1cncc(-c2noc(CN3CCC[C@@H](Cn4cncn4)C3)n2)c1. The minimum atomic E-state index is 0.571. The number of hydrogen-bond donors (Lipinski definition) is 0. The summed E-state index contributed by atoms with van der Waals surface area (Å²) in [5.41, 5.74) is 0.871. The van der Waals surface area contributed by atoms with Crippen LogP contribution in [0.2, 0.25) is 0 Å². The van der Waals surface area contributed by atoms with Crippen molar-refractivity contribution in [1.82, 2.24) is 34.8 Å². The Labute approximate surface area is 139 Å². The molecular weight excluding hydrogens is 306 g/mol. The van der Waals surface area contributed by atoms with E-state index in [2.05, 4.69) is 30.1 Å². The molecule has 0 bridgehead atoms. The molecule has 0 N–H and O–H groups in total. The van der Waals surface area contributed by atoms with Gasteiger partial charge in [0.25, 0.3) is 0 Å². The lowest BCUT2D eigenvalue weighted by atomic mass is 9.98. The van der Waals surface area contributed by atoms with Gasteiger partial charge in [0, 0.05) is 31.0 Å². The predicted octanol–water partition coefficient (Wildman–Crippen LogP) is 1.64. The number of hydrogen-bond acceptors (Lipinski definition) is 7. The molecule has 1 saturated heterocycles. The molecule has 24 heavy (non-hydrogen) atoms. The van der Waals surface area contributed by atoms with Crippen molar-refractivity contribution in [2.24, 2.45) is 5.92 Å². The highest BCUT2D eigenvalue weighted by atomic mass is 16.5. The number of aromatic nitrogens is 6. The first-order valence-corrected chi connectivity index (χ1v) is 8.14. The summed E-state index contributed by atoms with van der Waals surface area (Å²) in [6.07, 6.45) is 9.21. The van der Waals surface area contributed by atoms with Crippen molar-refractivity contribution >= 4 is 0 Å². The first kappa shape index (κ1) is 14.9. The second-order valence-corrected chi connectivity index (χ2v) is 6.11. The van der Waals surface area contributed by atoms with Crippen LogP contribution in [0, 0.1) is 5.92 Å².